The van der Waals surface area contributed by atoms with E-state index in [0.717, 1.165) is 6.07 Å². The Morgan fingerprint density at radius 3 is 2.67 bits per heavy atom. The lowest BCUT2D eigenvalue weighted by Crippen LogP contribution is -2.55. The molecule has 10 heteroatoms. The lowest BCUT2D eigenvalue weighted by atomic mass is 9.86. The molecule has 0 aliphatic carbocycles. The van der Waals surface area contributed by atoms with Gasteiger partial charge in [0, 0.05) is 38.3 Å². The molecule has 1 amide bonds. The van der Waals surface area contributed by atoms with E-state index in [0.29, 0.717) is 44.7 Å². The van der Waals surface area contributed by atoms with Crippen LogP contribution in [-0.4, -0.2) is 45.9 Å². The Labute approximate surface area is 153 Å². The maximum absolute atomic E-state index is 13.6. The fourth-order valence-electron chi connectivity index (χ4n) is 3.96. The number of rotatable bonds is 2. The molecule has 0 saturated carbocycles. The second-order valence-electron chi connectivity index (χ2n) is 6.76. The van der Waals surface area contributed by atoms with Crippen molar-refractivity contribution in [2.45, 2.75) is 37.4 Å². The van der Waals surface area contributed by atoms with Crippen LogP contribution in [0.3, 0.4) is 0 Å². The van der Waals surface area contributed by atoms with Gasteiger partial charge in [0.1, 0.15) is 11.9 Å². The molecule has 1 aromatic heterocycles. The van der Waals surface area contributed by atoms with E-state index in [2.05, 4.69) is 15.5 Å². The van der Waals surface area contributed by atoms with E-state index in [9.17, 15) is 18.0 Å². The van der Waals surface area contributed by atoms with Gasteiger partial charge in [0.2, 0.25) is 0 Å². The van der Waals surface area contributed by atoms with Crippen molar-refractivity contribution < 1.29 is 22.7 Å². The maximum atomic E-state index is 13.6. The zero-order valence-electron chi connectivity index (χ0n) is 14.4. The van der Waals surface area contributed by atoms with Crippen molar-refractivity contribution >= 4 is 11.6 Å². The average molecular weight is 381 g/mol. The Morgan fingerprint density at radius 2 is 2.00 bits per heavy atom. The molecule has 2 aromatic rings. The largest absolute Gasteiger partial charge is 0.416 e. The number of carbonyl (C=O) groups is 1. The van der Waals surface area contributed by atoms with Crippen LogP contribution < -0.4 is 4.90 Å². The summed E-state index contributed by atoms with van der Waals surface area (Å²) in [6.07, 6.45) is -1.60. The smallest absolute Gasteiger partial charge is 0.381 e. The van der Waals surface area contributed by atoms with Crippen LogP contribution in [0.1, 0.15) is 30.4 Å². The first kappa shape index (κ1) is 17.9. The third-order valence-electron chi connectivity index (χ3n) is 5.31. The van der Waals surface area contributed by atoms with Gasteiger partial charge in [0.15, 0.2) is 0 Å². The van der Waals surface area contributed by atoms with Crippen molar-refractivity contribution in [3.05, 3.63) is 35.7 Å². The molecule has 0 bridgehead atoms. The molecule has 3 heterocycles. The Kier molecular flexibility index (Phi) is 4.37. The van der Waals surface area contributed by atoms with Crippen LogP contribution in [0.15, 0.2) is 24.5 Å². The van der Waals surface area contributed by atoms with Crippen LogP contribution in [0.25, 0.3) is 0 Å². The molecule has 7 nitrogen and oxygen atoms in total. The van der Waals surface area contributed by atoms with E-state index in [1.165, 1.54) is 22.0 Å². The van der Waals surface area contributed by atoms with Crippen LogP contribution in [-0.2, 0) is 27.7 Å². The van der Waals surface area contributed by atoms with Gasteiger partial charge in [-0.2, -0.15) is 13.2 Å². The van der Waals surface area contributed by atoms with Crippen LogP contribution in [0.2, 0.25) is 0 Å². The summed E-state index contributed by atoms with van der Waals surface area (Å²) in [5.41, 5.74) is -1.24. The quantitative estimate of drug-likeness (QED) is 0.797. The Hall–Kier alpha value is -2.49. The van der Waals surface area contributed by atoms with Crippen molar-refractivity contribution in [3.8, 4) is 0 Å². The summed E-state index contributed by atoms with van der Waals surface area (Å²) < 4.78 is 47.0. The SMILES string of the molecule is O=C(N1CCCc2c1cccc2C(F)(F)F)C1(n2cnnn2)CCOCC1. The van der Waals surface area contributed by atoms with Crippen LogP contribution >= 0.6 is 0 Å². The lowest BCUT2D eigenvalue weighted by molar-refractivity contribution is -0.138. The zero-order chi connectivity index (χ0) is 19.1. The molecule has 0 unspecified atom stereocenters. The zero-order valence-corrected chi connectivity index (χ0v) is 14.4. The predicted molar refractivity (Wildman–Crippen MR) is 88.0 cm³/mol. The van der Waals surface area contributed by atoms with Crippen LogP contribution in [0.4, 0.5) is 18.9 Å². The number of nitrogens with zero attached hydrogens (tertiary/aromatic N) is 5. The third kappa shape index (κ3) is 2.97. The number of hydrogen-bond acceptors (Lipinski definition) is 5. The van der Waals surface area contributed by atoms with Gasteiger partial charge in [-0.15, -0.1) is 5.10 Å². The predicted octanol–water partition coefficient (Wildman–Crippen LogP) is 2.18. The van der Waals surface area contributed by atoms with Gasteiger partial charge in [-0.25, -0.2) is 4.68 Å². The van der Waals surface area contributed by atoms with Gasteiger partial charge in [-0.3, -0.25) is 4.79 Å². The highest BCUT2D eigenvalue weighted by Crippen LogP contribution is 2.41. The first-order chi connectivity index (χ1) is 12.9. The molecule has 0 N–H and O–H groups in total. The van der Waals surface area contributed by atoms with Crippen LogP contribution in [0.5, 0.6) is 0 Å². The number of hydrogen-bond donors (Lipinski definition) is 0. The molecule has 0 atom stereocenters. The van der Waals surface area contributed by atoms with E-state index in [1.54, 1.807) is 6.07 Å². The first-order valence-corrected chi connectivity index (χ1v) is 8.76. The lowest BCUT2D eigenvalue weighted by Gasteiger charge is -2.41. The molecule has 1 aromatic carbocycles. The molecule has 0 spiro atoms. The summed E-state index contributed by atoms with van der Waals surface area (Å²) in [5, 5.41) is 11.2. The number of anilines is 1. The number of fused-ring (bicyclic) bond motifs is 1. The Morgan fingerprint density at radius 1 is 1.22 bits per heavy atom. The Bertz CT molecular complexity index is 832. The molecule has 2 aliphatic rings. The van der Waals surface area contributed by atoms with Crippen molar-refractivity contribution in [1.82, 2.24) is 20.2 Å². The summed E-state index contributed by atoms with van der Waals surface area (Å²) >= 11 is 0. The molecule has 1 fully saturated rings. The highest BCUT2D eigenvalue weighted by Gasteiger charge is 2.47. The topological polar surface area (TPSA) is 73.1 Å². The summed E-state index contributed by atoms with van der Waals surface area (Å²) in [6, 6.07) is 3.99. The molecule has 0 radical (unpaired) electrons. The second-order valence-corrected chi connectivity index (χ2v) is 6.76. The molecule has 144 valence electrons. The van der Waals surface area contributed by atoms with E-state index < -0.39 is 17.3 Å². The maximum Gasteiger partial charge on any atom is 0.416 e. The highest BCUT2D eigenvalue weighted by molar-refractivity contribution is 6.00. The minimum atomic E-state index is -4.45. The fourth-order valence-corrected chi connectivity index (χ4v) is 3.96. The van der Waals surface area contributed by atoms with Crippen molar-refractivity contribution in [2.75, 3.05) is 24.7 Å². The van der Waals surface area contributed by atoms with Crippen molar-refractivity contribution in [1.29, 1.82) is 0 Å². The number of alkyl halides is 3. The van der Waals surface area contributed by atoms with Gasteiger partial charge in [0.05, 0.1) is 5.56 Å². The van der Waals surface area contributed by atoms with Crippen LogP contribution in [0, 0.1) is 0 Å². The number of carbonyl (C=O) groups excluding carboxylic acids is 1. The highest BCUT2D eigenvalue weighted by atomic mass is 19.4. The third-order valence-corrected chi connectivity index (χ3v) is 5.31. The number of amides is 1. The van der Waals surface area contributed by atoms with E-state index >= 15 is 0 Å². The van der Waals surface area contributed by atoms with E-state index in [1.807, 2.05) is 0 Å². The van der Waals surface area contributed by atoms with Crippen molar-refractivity contribution in [2.24, 2.45) is 0 Å². The van der Waals surface area contributed by atoms with Crippen molar-refractivity contribution in [3.63, 3.8) is 0 Å². The second kappa shape index (κ2) is 6.59. The minimum absolute atomic E-state index is 0.170. The van der Waals surface area contributed by atoms with Gasteiger partial charge >= 0.3 is 6.18 Å². The average Bonchev–Trinajstić information content (AvgIpc) is 3.21. The van der Waals surface area contributed by atoms with Gasteiger partial charge in [0.25, 0.3) is 5.91 Å². The van der Waals surface area contributed by atoms with E-state index in [4.69, 9.17) is 4.74 Å². The summed E-state index contributed by atoms with van der Waals surface area (Å²) in [5.74, 6) is -0.293. The number of halogens is 3. The standard InChI is InChI=1S/C17H18F3N5O2/c18-17(19,20)13-4-1-5-14-12(13)3-2-8-24(14)15(26)16(6-9-27-10-7-16)25-11-21-22-23-25/h1,4-5,11H,2-3,6-10H2. The Balaban J connectivity index is 1.77. The number of aromatic nitrogens is 4. The first-order valence-electron chi connectivity index (χ1n) is 8.76. The summed E-state index contributed by atoms with van der Waals surface area (Å²) in [4.78, 5) is 15.0. The van der Waals surface area contributed by atoms with Gasteiger partial charge in [-0.1, -0.05) is 6.07 Å². The number of benzene rings is 1. The number of tetrazole rings is 1. The van der Waals surface area contributed by atoms with E-state index in [-0.39, 0.29) is 17.9 Å². The molecular weight excluding hydrogens is 363 g/mol. The van der Waals surface area contributed by atoms with Gasteiger partial charge < -0.3 is 9.64 Å². The fraction of sp³-hybridized carbons (Fsp3) is 0.529. The number of ether oxygens (including phenoxy) is 1. The minimum Gasteiger partial charge on any atom is -0.381 e. The normalized spacial score (nSPS) is 19.6. The summed E-state index contributed by atoms with van der Waals surface area (Å²) in [6.45, 7) is 1.07. The summed E-state index contributed by atoms with van der Waals surface area (Å²) in [7, 11) is 0. The monoisotopic (exact) mass is 381 g/mol. The van der Waals surface area contributed by atoms with Gasteiger partial charge in [-0.05, 0) is 41.0 Å². The molecule has 4 rings (SSSR count). The molecule has 2 aliphatic heterocycles. The molecule has 27 heavy (non-hydrogen) atoms. The molecular formula is C17H18F3N5O2. The molecule has 1 saturated heterocycles.